The number of hydrogen-bond donors (Lipinski definition) is 1. The lowest BCUT2D eigenvalue weighted by atomic mass is 10.1. The second kappa shape index (κ2) is 8.64. The molecule has 7 nitrogen and oxygen atoms in total. The Morgan fingerprint density at radius 1 is 1.00 bits per heavy atom. The molecule has 2 rings (SSSR count). The normalized spacial score (nSPS) is 15.8. The smallest absolute Gasteiger partial charge is 0.303 e. The van der Waals surface area contributed by atoms with Crippen LogP contribution >= 0.6 is 0 Å². The molecule has 1 saturated heterocycles. The van der Waals surface area contributed by atoms with E-state index >= 15 is 0 Å². The van der Waals surface area contributed by atoms with Crippen molar-refractivity contribution in [2.24, 2.45) is 0 Å². The minimum Gasteiger partial charge on any atom is -0.481 e. The number of carbonyl (C=O) groups excluding carboxylic acids is 1. The van der Waals surface area contributed by atoms with Gasteiger partial charge in [0.05, 0.1) is 4.90 Å². The van der Waals surface area contributed by atoms with Crippen LogP contribution in [0.2, 0.25) is 0 Å². The topological polar surface area (TPSA) is 95.0 Å². The number of aliphatic carboxylic acids is 1. The maximum absolute atomic E-state index is 12.8. The highest BCUT2D eigenvalue weighted by Gasteiger charge is 2.30. The summed E-state index contributed by atoms with van der Waals surface area (Å²) in [6, 6.07) is 5.11. The number of carboxylic acids is 1. The van der Waals surface area contributed by atoms with Crippen molar-refractivity contribution < 1.29 is 23.1 Å². The van der Waals surface area contributed by atoms with Crippen LogP contribution in [0.15, 0.2) is 23.1 Å². The number of rotatable bonds is 7. The second-order valence-electron chi connectivity index (χ2n) is 6.63. The highest BCUT2D eigenvalue weighted by molar-refractivity contribution is 7.89. The van der Waals surface area contributed by atoms with Crippen molar-refractivity contribution in [2.75, 3.05) is 26.2 Å². The molecule has 0 spiro atoms. The lowest BCUT2D eigenvalue weighted by molar-refractivity contribution is -0.137. The molecule has 1 heterocycles. The third-order valence-electron chi connectivity index (χ3n) is 4.74. The molecule has 144 valence electrons. The summed E-state index contributed by atoms with van der Waals surface area (Å²) >= 11 is 0. The molecule has 0 aliphatic carbocycles. The minimum absolute atomic E-state index is 0.0429. The van der Waals surface area contributed by atoms with E-state index < -0.39 is 16.0 Å². The zero-order chi connectivity index (χ0) is 19.3. The van der Waals surface area contributed by atoms with E-state index in [1.165, 1.54) is 4.31 Å². The summed E-state index contributed by atoms with van der Waals surface area (Å²) in [5.41, 5.74) is 1.98. The summed E-state index contributed by atoms with van der Waals surface area (Å²) in [5, 5.41) is 8.60. The van der Waals surface area contributed by atoms with Crippen molar-refractivity contribution >= 4 is 21.9 Å². The molecule has 1 amide bonds. The summed E-state index contributed by atoms with van der Waals surface area (Å²) in [6.45, 7) is 5.10. The highest BCUT2D eigenvalue weighted by atomic mass is 32.2. The number of carbonyl (C=O) groups is 2. The monoisotopic (exact) mass is 382 g/mol. The maximum atomic E-state index is 12.8. The van der Waals surface area contributed by atoms with E-state index in [-0.39, 0.29) is 30.3 Å². The summed E-state index contributed by atoms with van der Waals surface area (Å²) in [5.74, 6) is -0.902. The van der Waals surface area contributed by atoms with E-state index in [0.717, 1.165) is 11.1 Å². The van der Waals surface area contributed by atoms with E-state index in [0.29, 0.717) is 32.4 Å². The van der Waals surface area contributed by atoms with Gasteiger partial charge in [-0.25, -0.2) is 8.42 Å². The predicted octanol–water partition coefficient (Wildman–Crippen LogP) is 1.78. The van der Waals surface area contributed by atoms with Gasteiger partial charge < -0.3 is 10.0 Å². The number of sulfonamides is 1. The van der Waals surface area contributed by atoms with Gasteiger partial charge in [-0.05, 0) is 49.9 Å². The summed E-state index contributed by atoms with van der Waals surface area (Å²) in [4.78, 5) is 24.6. The van der Waals surface area contributed by atoms with Crippen molar-refractivity contribution in [1.29, 1.82) is 0 Å². The molecule has 0 radical (unpaired) electrons. The van der Waals surface area contributed by atoms with Gasteiger partial charge in [0.2, 0.25) is 15.9 Å². The van der Waals surface area contributed by atoms with Crippen LogP contribution in [0.5, 0.6) is 0 Å². The molecule has 1 fully saturated rings. The Balaban J connectivity index is 1.89. The van der Waals surface area contributed by atoms with Gasteiger partial charge in [-0.2, -0.15) is 4.31 Å². The van der Waals surface area contributed by atoms with Crippen LogP contribution in [-0.4, -0.2) is 60.8 Å². The average molecular weight is 382 g/mol. The van der Waals surface area contributed by atoms with Crippen molar-refractivity contribution in [3.63, 3.8) is 0 Å². The molecule has 0 aromatic heterocycles. The van der Waals surface area contributed by atoms with Gasteiger partial charge in [0.15, 0.2) is 0 Å². The fourth-order valence-electron chi connectivity index (χ4n) is 2.91. The number of carboxylic acid groups (broad SMARTS) is 1. The molecule has 26 heavy (non-hydrogen) atoms. The van der Waals surface area contributed by atoms with Gasteiger partial charge in [0, 0.05) is 39.0 Å². The quantitative estimate of drug-likeness (QED) is 0.726. The first-order valence-corrected chi connectivity index (χ1v) is 10.2. The highest BCUT2D eigenvalue weighted by Crippen LogP contribution is 2.20. The first kappa shape index (κ1) is 20.4. The number of unbranched alkanes of at least 4 members (excludes halogenated alkanes) is 1. The lowest BCUT2D eigenvalue weighted by Crippen LogP contribution is -2.50. The van der Waals surface area contributed by atoms with E-state index in [4.69, 9.17) is 5.11 Å². The lowest BCUT2D eigenvalue weighted by Gasteiger charge is -2.34. The number of nitrogens with zero attached hydrogens (tertiary/aromatic N) is 2. The molecule has 1 N–H and O–H groups in total. The SMILES string of the molecule is Cc1ccc(S(=O)(=O)N2CCN(C(=O)CCCCC(=O)O)CC2)cc1C. The molecular weight excluding hydrogens is 356 g/mol. The van der Waals surface area contributed by atoms with E-state index in [9.17, 15) is 18.0 Å². The van der Waals surface area contributed by atoms with Crippen LogP contribution in [-0.2, 0) is 19.6 Å². The second-order valence-corrected chi connectivity index (χ2v) is 8.57. The minimum atomic E-state index is -3.55. The van der Waals surface area contributed by atoms with Gasteiger partial charge in [-0.1, -0.05) is 6.07 Å². The molecule has 0 saturated carbocycles. The number of amides is 1. The van der Waals surface area contributed by atoms with E-state index in [1.807, 2.05) is 13.8 Å². The van der Waals surface area contributed by atoms with Crippen molar-refractivity contribution in [1.82, 2.24) is 9.21 Å². The Morgan fingerprint density at radius 2 is 1.62 bits per heavy atom. The molecule has 0 unspecified atom stereocenters. The number of hydrogen-bond acceptors (Lipinski definition) is 4. The number of benzene rings is 1. The van der Waals surface area contributed by atoms with Crippen molar-refractivity contribution in [3.05, 3.63) is 29.3 Å². The predicted molar refractivity (Wildman–Crippen MR) is 97.4 cm³/mol. The van der Waals surface area contributed by atoms with Crippen LogP contribution < -0.4 is 0 Å². The van der Waals surface area contributed by atoms with Crippen LogP contribution in [0.4, 0.5) is 0 Å². The maximum Gasteiger partial charge on any atom is 0.303 e. The molecule has 0 bridgehead atoms. The van der Waals surface area contributed by atoms with Gasteiger partial charge >= 0.3 is 5.97 Å². The van der Waals surface area contributed by atoms with Gasteiger partial charge in [-0.15, -0.1) is 0 Å². The summed E-state index contributed by atoms with van der Waals surface area (Å²) in [7, 11) is -3.55. The van der Waals surface area contributed by atoms with Crippen molar-refractivity contribution in [3.8, 4) is 0 Å². The molecule has 0 atom stereocenters. The molecule has 1 aromatic carbocycles. The zero-order valence-corrected chi connectivity index (χ0v) is 16.1. The van der Waals surface area contributed by atoms with Crippen LogP contribution in [0, 0.1) is 13.8 Å². The number of piperazine rings is 1. The number of aryl methyl sites for hydroxylation is 2. The zero-order valence-electron chi connectivity index (χ0n) is 15.3. The molecule has 1 aromatic rings. The van der Waals surface area contributed by atoms with Crippen LogP contribution in [0.25, 0.3) is 0 Å². The molecule has 1 aliphatic rings. The Labute approximate surface area is 154 Å². The van der Waals surface area contributed by atoms with Gasteiger partial charge in [0.1, 0.15) is 0 Å². The average Bonchev–Trinajstić information content (AvgIpc) is 2.60. The fourth-order valence-corrected chi connectivity index (χ4v) is 4.42. The van der Waals surface area contributed by atoms with E-state index in [1.54, 1.807) is 23.1 Å². The largest absolute Gasteiger partial charge is 0.481 e. The summed E-state index contributed by atoms with van der Waals surface area (Å²) in [6.07, 6.45) is 1.38. The molecule has 1 aliphatic heterocycles. The van der Waals surface area contributed by atoms with Gasteiger partial charge in [0.25, 0.3) is 0 Å². The van der Waals surface area contributed by atoms with Crippen LogP contribution in [0.1, 0.15) is 36.8 Å². The van der Waals surface area contributed by atoms with E-state index in [2.05, 4.69) is 0 Å². The molecule has 8 heteroatoms. The third-order valence-corrected chi connectivity index (χ3v) is 6.63. The Hall–Kier alpha value is -1.93. The third kappa shape index (κ3) is 5.04. The Bertz CT molecular complexity index is 768. The van der Waals surface area contributed by atoms with Crippen molar-refractivity contribution in [2.45, 2.75) is 44.4 Å². The Morgan fingerprint density at radius 3 is 2.19 bits per heavy atom. The van der Waals surface area contributed by atoms with Crippen LogP contribution in [0.3, 0.4) is 0 Å². The Kier molecular flexibility index (Phi) is 6.77. The van der Waals surface area contributed by atoms with Gasteiger partial charge in [-0.3, -0.25) is 9.59 Å². The first-order chi connectivity index (χ1) is 12.2. The fraction of sp³-hybridized carbons (Fsp3) is 0.556. The summed E-state index contributed by atoms with van der Waals surface area (Å²) < 4.78 is 27.0. The first-order valence-electron chi connectivity index (χ1n) is 8.79. The standard InChI is InChI=1S/C18H26N2O5S/c1-14-7-8-16(13-15(14)2)26(24,25)20-11-9-19(10-12-20)17(21)5-3-4-6-18(22)23/h7-8,13H,3-6,9-12H2,1-2H3,(H,22,23). The molecular formula is C18H26N2O5S.